The number of benzene rings is 2. The summed E-state index contributed by atoms with van der Waals surface area (Å²) in [5.41, 5.74) is 3.22. The molecule has 5 rings (SSSR count). The van der Waals surface area contributed by atoms with Crippen molar-refractivity contribution in [2.45, 2.75) is 19.9 Å². The second-order valence-electron chi connectivity index (χ2n) is 7.36. The van der Waals surface area contributed by atoms with Crippen LogP contribution >= 0.6 is 22.9 Å². The van der Waals surface area contributed by atoms with Gasteiger partial charge in [0.2, 0.25) is 0 Å². The Morgan fingerprint density at radius 1 is 1.10 bits per heavy atom. The average Bonchev–Trinajstić information content (AvgIpc) is 3.15. The third kappa shape index (κ3) is 3.48. The van der Waals surface area contributed by atoms with E-state index in [4.69, 9.17) is 11.6 Å². The molecular formula is C24H19ClN4OS. The largest absolute Gasteiger partial charge is 0.375 e. The topological polar surface area (TPSA) is 59.8 Å². The van der Waals surface area contributed by atoms with E-state index in [-0.39, 0.29) is 11.6 Å². The predicted molar refractivity (Wildman–Crippen MR) is 129 cm³/mol. The molecule has 0 radical (unpaired) electrons. The highest BCUT2D eigenvalue weighted by molar-refractivity contribution is 7.18. The van der Waals surface area contributed by atoms with Crippen molar-refractivity contribution in [1.29, 1.82) is 0 Å². The minimum Gasteiger partial charge on any atom is -0.375 e. The van der Waals surface area contributed by atoms with Crippen LogP contribution < -0.4 is 10.9 Å². The number of pyridine rings is 2. The normalized spacial score (nSPS) is 12.4. The van der Waals surface area contributed by atoms with E-state index in [1.165, 1.54) is 0 Å². The fourth-order valence-electron chi connectivity index (χ4n) is 3.86. The molecule has 1 atom stereocenters. The molecule has 0 aliphatic carbocycles. The second-order valence-corrected chi connectivity index (χ2v) is 8.95. The number of fused-ring (bicyclic) bond motifs is 2. The zero-order valence-corrected chi connectivity index (χ0v) is 18.5. The lowest BCUT2D eigenvalue weighted by Crippen LogP contribution is -2.25. The summed E-state index contributed by atoms with van der Waals surface area (Å²) in [6.45, 7) is 4.01. The molecule has 154 valence electrons. The molecule has 5 aromatic rings. The van der Waals surface area contributed by atoms with Gasteiger partial charge in [-0.05, 0) is 49.6 Å². The van der Waals surface area contributed by atoms with Gasteiger partial charge in [0, 0.05) is 17.6 Å². The van der Waals surface area contributed by atoms with Crippen LogP contribution in [0.3, 0.4) is 0 Å². The third-order valence-electron chi connectivity index (χ3n) is 5.26. The molecule has 3 aromatic heterocycles. The van der Waals surface area contributed by atoms with Gasteiger partial charge in [0.25, 0.3) is 5.56 Å². The highest BCUT2D eigenvalue weighted by Gasteiger charge is 2.19. The van der Waals surface area contributed by atoms with Crippen LogP contribution in [0.15, 0.2) is 71.7 Å². The number of thiazole rings is 1. The number of aryl methyl sites for hydroxylation is 1. The van der Waals surface area contributed by atoms with Gasteiger partial charge in [-0.1, -0.05) is 53.3 Å². The molecule has 0 aliphatic rings. The van der Waals surface area contributed by atoms with E-state index >= 15 is 0 Å². The average molecular weight is 447 g/mol. The highest BCUT2D eigenvalue weighted by Crippen LogP contribution is 2.30. The maximum Gasteiger partial charge on any atom is 0.264 e. The molecule has 31 heavy (non-hydrogen) atoms. The molecule has 3 heterocycles. The summed E-state index contributed by atoms with van der Waals surface area (Å²) in [5.74, 6) is 0. The first-order valence-corrected chi connectivity index (χ1v) is 11.1. The molecule has 0 spiro atoms. The van der Waals surface area contributed by atoms with Crippen molar-refractivity contribution in [2.24, 2.45) is 0 Å². The van der Waals surface area contributed by atoms with Gasteiger partial charge in [0.1, 0.15) is 10.3 Å². The quantitative estimate of drug-likeness (QED) is 0.360. The summed E-state index contributed by atoms with van der Waals surface area (Å²) >= 11 is 7.97. The molecule has 0 amide bonds. The van der Waals surface area contributed by atoms with Gasteiger partial charge in [-0.3, -0.25) is 9.36 Å². The Hall–Kier alpha value is -3.22. The minimum absolute atomic E-state index is 0.137. The van der Waals surface area contributed by atoms with Crippen molar-refractivity contribution in [3.8, 4) is 5.69 Å². The van der Waals surface area contributed by atoms with Crippen LogP contribution in [0.5, 0.6) is 0 Å². The molecule has 0 saturated heterocycles. The first-order valence-electron chi connectivity index (χ1n) is 9.91. The molecule has 0 unspecified atom stereocenters. The number of nitrogens with zero attached hydrogens (tertiary/aromatic N) is 3. The molecule has 0 aliphatic heterocycles. The lowest BCUT2D eigenvalue weighted by Gasteiger charge is -2.22. The van der Waals surface area contributed by atoms with Gasteiger partial charge in [0.05, 0.1) is 27.1 Å². The lowest BCUT2D eigenvalue weighted by molar-refractivity contribution is 0.778. The van der Waals surface area contributed by atoms with E-state index < -0.39 is 0 Å². The highest BCUT2D eigenvalue weighted by atomic mass is 35.5. The molecular weight excluding hydrogens is 428 g/mol. The van der Waals surface area contributed by atoms with Crippen LogP contribution in [-0.4, -0.2) is 14.5 Å². The molecule has 7 heteroatoms. The number of hydrogen-bond acceptors (Lipinski definition) is 5. The number of aromatic nitrogens is 3. The Kier molecular flexibility index (Phi) is 4.96. The smallest absolute Gasteiger partial charge is 0.264 e. The van der Waals surface area contributed by atoms with Crippen molar-refractivity contribution in [3.05, 3.63) is 92.9 Å². The summed E-state index contributed by atoms with van der Waals surface area (Å²) < 4.78 is 1.73. The van der Waals surface area contributed by atoms with Gasteiger partial charge >= 0.3 is 0 Å². The molecule has 2 aromatic carbocycles. The van der Waals surface area contributed by atoms with E-state index in [2.05, 4.69) is 15.3 Å². The van der Waals surface area contributed by atoms with Gasteiger partial charge in [0.15, 0.2) is 0 Å². The number of halogens is 1. The minimum atomic E-state index is -0.177. The third-order valence-corrected chi connectivity index (χ3v) is 6.45. The molecule has 0 saturated carbocycles. The van der Waals surface area contributed by atoms with Crippen molar-refractivity contribution in [1.82, 2.24) is 14.5 Å². The summed E-state index contributed by atoms with van der Waals surface area (Å²) in [5, 5.41) is 6.29. The van der Waals surface area contributed by atoms with E-state index in [0.717, 1.165) is 37.8 Å². The summed E-state index contributed by atoms with van der Waals surface area (Å²) in [7, 11) is 0. The lowest BCUT2D eigenvalue weighted by atomic mass is 10.1. The maximum atomic E-state index is 13.6. The number of nitrogens with one attached hydrogen (secondary N) is 1. The first kappa shape index (κ1) is 19.7. The number of para-hydroxylation sites is 1. The number of hydrogen-bond donors (Lipinski definition) is 1. The van der Waals surface area contributed by atoms with Gasteiger partial charge in [-0.25, -0.2) is 9.97 Å². The van der Waals surface area contributed by atoms with Gasteiger partial charge < -0.3 is 5.32 Å². The standard InChI is InChI=1S/C24H19ClN4OS/c1-14(27-19-11-12-26-23-22(19)28-15(2)31-23)20-13-16-7-6-10-18(25)21(16)24(30)29(20)17-8-4-3-5-9-17/h3-14H,1-2H3,(H,26,27)/t14-/m0/s1. The van der Waals surface area contributed by atoms with E-state index in [9.17, 15) is 4.79 Å². The predicted octanol–water partition coefficient (Wildman–Crippen LogP) is 6.13. The van der Waals surface area contributed by atoms with Gasteiger partial charge in [-0.2, -0.15) is 0 Å². The summed E-state index contributed by atoms with van der Waals surface area (Å²) in [4.78, 5) is 23.5. The Bertz CT molecular complexity index is 1480. The monoisotopic (exact) mass is 446 g/mol. The molecule has 5 nitrogen and oxygen atoms in total. The van der Waals surface area contributed by atoms with Crippen molar-refractivity contribution >= 4 is 49.7 Å². The number of anilines is 1. The van der Waals surface area contributed by atoms with E-state index in [1.54, 1.807) is 28.2 Å². The zero-order chi connectivity index (χ0) is 21.5. The Morgan fingerprint density at radius 2 is 1.90 bits per heavy atom. The zero-order valence-electron chi connectivity index (χ0n) is 17.0. The Labute approximate surface area is 188 Å². The fourth-order valence-corrected chi connectivity index (χ4v) is 4.91. The van der Waals surface area contributed by atoms with Crippen LogP contribution in [0.1, 0.15) is 23.7 Å². The first-order chi connectivity index (χ1) is 15.0. The Balaban J connectivity index is 1.70. The van der Waals surface area contributed by atoms with E-state index in [0.29, 0.717) is 10.4 Å². The Morgan fingerprint density at radius 3 is 2.71 bits per heavy atom. The van der Waals surface area contributed by atoms with E-state index in [1.807, 2.05) is 68.4 Å². The van der Waals surface area contributed by atoms with Crippen molar-refractivity contribution < 1.29 is 0 Å². The number of rotatable bonds is 4. The molecule has 1 N–H and O–H groups in total. The van der Waals surface area contributed by atoms with Crippen LogP contribution in [0.2, 0.25) is 5.02 Å². The van der Waals surface area contributed by atoms with Crippen LogP contribution in [0.25, 0.3) is 26.8 Å². The molecule has 0 fully saturated rings. The van der Waals surface area contributed by atoms with Crippen LogP contribution in [0.4, 0.5) is 5.69 Å². The van der Waals surface area contributed by atoms with Gasteiger partial charge in [-0.15, -0.1) is 0 Å². The SMILES string of the molecule is Cc1nc2c(N[C@@H](C)c3cc4cccc(Cl)c4c(=O)n3-c3ccccc3)ccnc2s1. The fraction of sp³-hybridized carbons (Fsp3) is 0.125. The summed E-state index contributed by atoms with van der Waals surface area (Å²) in [6, 6.07) is 18.9. The van der Waals surface area contributed by atoms with Crippen molar-refractivity contribution in [2.75, 3.05) is 5.32 Å². The van der Waals surface area contributed by atoms with Crippen LogP contribution in [0, 0.1) is 6.92 Å². The van der Waals surface area contributed by atoms with Crippen molar-refractivity contribution in [3.63, 3.8) is 0 Å². The molecule has 0 bridgehead atoms. The maximum absolute atomic E-state index is 13.6. The summed E-state index contributed by atoms with van der Waals surface area (Å²) in [6.07, 6.45) is 1.78. The van der Waals surface area contributed by atoms with Crippen LogP contribution in [-0.2, 0) is 0 Å². The second kappa shape index (κ2) is 7.80.